The van der Waals surface area contributed by atoms with Crippen molar-refractivity contribution in [3.8, 4) is 34.5 Å². The average Bonchev–Trinajstić information content (AvgIpc) is 2.75. The largest absolute Gasteiger partial charge is 0.507 e. The van der Waals surface area contributed by atoms with Crippen LogP contribution in [0.15, 0.2) is 107 Å². The van der Waals surface area contributed by atoms with Crippen LogP contribution < -0.4 is 4.74 Å². The molecule has 0 saturated carbocycles. The van der Waals surface area contributed by atoms with Crippen LogP contribution in [-0.4, -0.2) is 20.4 Å². The van der Waals surface area contributed by atoms with E-state index in [9.17, 15) is 20.4 Å². The van der Waals surface area contributed by atoms with E-state index in [0.717, 1.165) is 9.79 Å². The highest BCUT2D eigenvalue weighted by atomic mass is 32.2. The third-order valence-corrected chi connectivity index (χ3v) is 5.03. The topological polar surface area (TPSA) is 90.2 Å². The molecule has 0 atom stereocenters. The summed E-state index contributed by atoms with van der Waals surface area (Å²) < 4.78 is 5.34. The zero-order valence-corrected chi connectivity index (χ0v) is 16.7. The smallest absolute Gasteiger partial charge is 0.169 e. The quantitative estimate of drug-likeness (QED) is 0.317. The Kier molecular flexibility index (Phi) is 7.08. The summed E-state index contributed by atoms with van der Waals surface area (Å²) in [5, 5.41) is 38.0. The lowest BCUT2D eigenvalue weighted by molar-refractivity contribution is 0.385. The number of aromatic hydroxyl groups is 4. The maximum absolute atomic E-state index is 9.56. The summed E-state index contributed by atoms with van der Waals surface area (Å²) in [6, 6.07) is 27.3. The van der Waals surface area contributed by atoms with Crippen molar-refractivity contribution in [2.24, 2.45) is 0 Å². The molecule has 6 heteroatoms. The SMILES string of the molecule is Oc1ccccc1Oc1ccccc1O.Oc1ccccc1Sc1ccccc1O. The van der Waals surface area contributed by atoms with Crippen LogP contribution in [0.4, 0.5) is 0 Å². The Hall–Kier alpha value is -3.77. The molecule has 0 saturated heterocycles. The Labute approximate surface area is 178 Å². The normalized spacial score (nSPS) is 10.0. The van der Waals surface area contributed by atoms with Gasteiger partial charge in [-0.2, -0.15) is 0 Å². The number of para-hydroxylation sites is 6. The third-order valence-electron chi connectivity index (χ3n) is 3.90. The predicted molar refractivity (Wildman–Crippen MR) is 117 cm³/mol. The first-order valence-corrected chi connectivity index (χ1v) is 9.84. The zero-order chi connectivity index (χ0) is 21.3. The molecule has 0 aliphatic rings. The molecule has 0 aliphatic carbocycles. The molecule has 0 radical (unpaired) electrons. The number of phenols is 4. The number of hydrogen-bond acceptors (Lipinski definition) is 6. The highest BCUT2D eigenvalue weighted by molar-refractivity contribution is 7.99. The molecule has 4 aromatic rings. The number of phenolic OH excluding ortho intramolecular Hbond substituents is 4. The van der Waals surface area contributed by atoms with Crippen LogP contribution >= 0.6 is 11.8 Å². The minimum atomic E-state index is 0.0424. The first-order chi connectivity index (χ1) is 14.5. The minimum absolute atomic E-state index is 0.0424. The summed E-state index contributed by atoms with van der Waals surface area (Å²) in [6.07, 6.45) is 0. The van der Waals surface area contributed by atoms with Crippen molar-refractivity contribution in [1.29, 1.82) is 0 Å². The van der Waals surface area contributed by atoms with Crippen molar-refractivity contribution in [3.05, 3.63) is 97.1 Å². The Bertz CT molecular complexity index is 938. The van der Waals surface area contributed by atoms with Gasteiger partial charge in [-0.05, 0) is 48.5 Å². The van der Waals surface area contributed by atoms with E-state index in [2.05, 4.69) is 0 Å². The van der Waals surface area contributed by atoms with Gasteiger partial charge in [0.2, 0.25) is 0 Å². The van der Waals surface area contributed by atoms with Crippen molar-refractivity contribution in [2.75, 3.05) is 0 Å². The molecular weight excluding hydrogens is 400 g/mol. The fourth-order valence-corrected chi connectivity index (χ4v) is 3.29. The molecule has 4 rings (SSSR count). The van der Waals surface area contributed by atoms with E-state index in [-0.39, 0.29) is 23.0 Å². The van der Waals surface area contributed by atoms with Gasteiger partial charge in [-0.1, -0.05) is 60.3 Å². The maximum atomic E-state index is 9.56. The van der Waals surface area contributed by atoms with Gasteiger partial charge in [0.05, 0.1) is 9.79 Å². The van der Waals surface area contributed by atoms with Crippen molar-refractivity contribution in [1.82, 2.24) is 0 Å². The van der Waals surface area contributed by atoms with E-state index in [1.807, 2.05) is 24.3 Å². The predicted octanol–water partition coefficient (Wildman–Crippen LogP) is 6.14. The molecule has 0 aliphatic heterocycles. The fourth-order valence-electron chi connectivity index (χ4n) is 2.41. The van der Waals surface area contributed by atoms with Crippen LogP contribution in [0.2, 0.25) is 0 Å². The van der Waals surface area contributed by atoms with Gasteiger partial charge in [0, 0.05) is 0 Å². The van der Waals surface area contributed by atoms with Crippen molar-refractivity contribution < 1.29 is 25.2 Å². The summed E-state index contributed by atoms with van der Waals surface area (Å²) in [7, 11) is 0. The van der Waals surface area contributed by atoms with Gasteiger partial charge in [0.1, 0.15) is 11.5 Å². The second-order valence-electron chi connectivity index (χ2n) is 6.08. The Morgan fingerprint density at radius 1 is 0.433 bits per heavy atom. The molecule has 4 N–H and O–H groups in total. The van der Waals surface area contributed by atoms with E-state index in [1.54, 1.807) is 60.7 Å². The van der Waals surface area contributed by atoms with Gasteiger partial charge in [-0.25, -0.2) is 0 Å². The minimum Gasteiger partial charge on any atom is -0.507 e. The van der Waals surface area contributed by atoms with Crippen LogP contribution in [0.5, 0.6) is 34.5 Å². The Balaban J connectivity index is 0.000000171. The second-order valence-corrected chi connectivity index (χ2v) is 7.16. The summed E-state index contributed by atoms with van der Waals surface area (Å²) in [5.41, 5.74) is 0. The highest BCUT2D eigenvalue weighted by Crippen LogP contribution is 2.38. The lowest BCUT2D eigenvalue weighted by atomic mass is 10.3. The number of ether oxygens (including phenoxy) is 1. The van der Waals surface area contributed by atoms with Crippen molar-refractivity contribution in [2.45, 2.75) is 9.79 Å². The molecule has 0 unspecified atom stereocenters. The van der Waals surface area contributed by atoms with Gasteiger partial charge in [0.15, 0.2) is 23.0 Å². The van der Waals surface area contributed by atoms with E-state index in [1.165, 1.54) is 23.9 Å². The Morgan fingerprint density at radius 3 is 1.13 bits per heavy atom. The molecular formula is C24H20O5S. The number of rotatable bonds is 4. The van der Waals surface area contributed by atoms with E-state index >= 15 is 0 Å². The zero-order valence-electron chi connectivity index (χ0n) is 15.8. The maximum Gasteiger partial charge on any atom is 0.169 e. The lowest BCUT2D eigenvalue weighted by Gasteiger charge is -2.08. The van der Waals surface area contributed by atoms with Crippen LogP contribution in [-0.2, 0) is 0 Å². The first-order valence-electron chi connectivity index (χ1n) is 9.02. The molecule has 0 amide bonds. The van der Waals surface area contributed by atoms with Gasteiger partial charge in [0.25, 0.3) is 0 Å². The van der Waals surface area contributed by atoms with Crippen LogP contribution in [0.25, 0.3) is 0 Å². The van der Waals surface area contributed by atoms with Gasteiger partial charge in [-0.3, -0.25) is 0 Å². The molecule has 0 spiro atoms. The molecule has 0 fully saturated rings. The van der Waals surface area contributed by atoms with Crippen molar-refractivity contribution >= 4 is 11.8 Å². The third kappa shape index (κ3) is 5.62. The molecule has 4 aromatic carbocycles. The van der Waals surface area contributed by atoms with Crippen LogP contribution in [0.3, 0.4) is 0 Å². The number of hydrogen-bond donors (Lipinski definition) is 4. The van der Waals surface area contributed by atoms with E-state index in [4.69, 9.17) is 4.74 Å². The van der Waals surface area contributed by atoms with Crippen LogP contribution in [0, 0.1) is 0 Å². The lowest BCUT2D eigenvalue weighted by Crippen LogP contribution is -1.84. The standard InChI is InChI=1S/C12H10O3.C12H10O2S/c2*13-9-5-1-3-7-11(9)15-12-8-4-2-6-10(12)14/h2*1-8,13-14H. The molecule has 5 nitrogen and oxygen atoms in total. The summed E-state index contributed by atoms with van der Waals surface area (Å²) >= 11 is 1.34. The molecule has 30 heavy (non-hydrogen) atoms. The summed E-state index contributed by atoms with van der Waals surface area (Å²) in [5.74, 6) is 1.18. The monoisotopic (exact) mass is 420 g/mol. The van der Waals surface area contributed by atoms with E-state index in [0.29, 0.717) is 11.5 Å². The Morgan fingerprint density at radius 2 is 0.767 bits per heavy atom. The average molecular weight is 420 g/mol. The molecule has 0 bridgehead atoms. The fraction of sp³-hybridized carbons (Fsp3) is 0. The molecule has 0 aromatic heterocycles. The first kappa shape index (κ1) is 21.0. The highest BCUT2D eigenvalue weighted by Gasteiger charge is 2.06. The second kappa shape index (κ2) is 10.1. The summed E-state index contributed by atoms with van der Waals surface area (Å²) in [4.78, 5) is 1.47. The summed E-state index contributed by atoms with van der Waals surface area (Å²) in [6.45, 7) is 0. The van der Waals surface area contributed by atoms with Gasteiger partial charge in [-0.15, -0.1) is 0 Å². The van der Waals surface area contributed by atoms with E-state index < -0.39 is 0 Å². The van der Waals surface area contributed by atoms with Crippen LogP contribution in [0.1, 0.15) is 0 Å². The van der Waals surface area contributed by atoms with Gasteiger partial charge < -0.3 is 25.2 Å². The van der Waals surface area contributed by atoms with Crippen molar-refractivity contribution in [3.63, 3.8) is 0 Å². The number of benzene rings is 4. The van der Waals surface area contributed by atoms with Gasteiger partial charge >= 0.3 is 0 Å². The molecule has 0 heterocycles. The molecule has 152 valence electrons.